The Morgan fingerprint density at radius 1 is 1.40 bits per heavy atom. The largest absolute Gasteiger partial charge is 0.488 e. The Morgan fingerprint density at radius 3 is 2.92 bits per heavy atom. The second kappa shape index (κ2) is 7.62. The molecule has 128 valence electrons. The fourth-order valence-corrected chi connectivity index (χ4v) is 2.66. The summed E-state index contributed by atoms with van der Waals surface area (Å²) >= 11 is 0. The Kier molecular flexibility index (Phi) is 5.09. The lowest BCUT2D eigenvalue weighted by Crippen LogP contribution is -2.39. The molecule has 1 aliphatic rings. The molecule has 6 nitrogen and oxygen atoms in total. The number of nitriles is 1. The van der Waals surface area contributed by atoms with Crippen LogP contribution in [0, 0.1) is 17.1 Å². The Hall–Kier alpha value is -3.14. The SMILES string of the molecule is N#Cc1ccc(CNC(=O)N2CC[C@H](Oc3ccncc3)C2)c(F)c1. The van der Waals surface area contributed by atoms with Crippen molar-refractivity contribution in [3.63, 3.8) is 0 Å². The van der Waals surface area contributed by atoms with Gasteiger partial charge in [-0.05, 0) is 24.3 Å². The minimum Gasteiger partial charge on any atom is -0.488 e. The number of hydrogen-bond donors (Lipinski definition) is 1. The normalized spacial score (nSPS) is 16.3. The zero-order valence-corrected chi connectivity index (χ0v) is 13.5. The van der Waals surface area contributed by atoms with Gasteiger partial charge in [0.25, 0.3) is 0 Å². The molecule has 1 atom stereocenters. The number of benzene rings is 1. The zero-order chi connectivity index (χ0) is 17.6. The monoisotopic (exact) mass is 340 g/mol. The molecule has 1 saturated heterocycles. The molecule has 7 heteroatoms. The maximum atomic E-state index is 13.8. The highest BCUT2D eigenvalue weighted by Crippen LogP contribution is 2.17. The molecule has 25 heavy (non-hydrogen) atoms. The van der Waals surface area contributed by atoms with Crippen molar-refractivity contribution in [1.82, 2.24) is 15.2 Å². The van der Waals surface area contributed by atoms with E-state index >= 15 is 0 Å². The summed E-state index contributed by atoms with van der Waals surface area (Å²) < 4.78 is 19.6. The van der Waals surface area contributed by atoms with Crippen LogP contribution in [-0.2, 0) is 6.54 Å². The zero-order valence-electron chi connectivity index (χ0n) is 13.5. The summed E-state index contributed by atoms with van der Waals surface area (Å²) in [5.74, 6) is 0.224. The van der Waals surface area contributed by atoms with Crippen LogP contribution in [0.15, 0.2) is 42.7 Å². The fourth-order valence-electron chi connectivity index (χ4n) is 2.66. The van der Waals surface area contributed by atoms with Crippen LogP contribution in [0.4, 0.5) is 9.18 Å². The van der Waals surface area contributed by atoms with Crippen LogP contribution < -0.4 is 10.1 Å². The second-order valence-electron chi connectivity index (χ2n) is 5.73. The number of rotatable bonds is 4. The van der Waals surface area contributed by atoms with Crippen molar-refractivity contribution in [2.24, 2.45) is 0 Å². The number of likely N-dealkylation sites (tertiary alicyclic amines) is 1. The fraction of sp³-hybridized carbons (Fsp3) is 0.278. The molecule has 2 heterocycles. The smallest absolute Gasteiger partial charge is 0.317 e. The Labute approximate surface area is 144 Å². The third-order valence-electron chi connectivity index (χ3n) is 4.00. The highest BCUT2D eigenvalue weighted by atomic mass is 19.1. The molecule has 0 saturated carbocycles. The molecule has 0 spiro atoms. The van der Waals surface area contributed by atoms with Gasteiger partial charge in [0.05, 0.1) is 18.2 Å². The van der Waals surface area contributed by atoms with E-state index in [4.69, 9.17) is 10.00 Å². The quantitative estimate of drug-likeness (QED) is 0.927. The Balaban J connectivity index is 1.50. The van der Waals surface area contributed by atoms with Gasteiger partial charge < -0.3 is 15.0 Å². The van der Waals surface area contributed by atoms with Crippen LogP contribution in [0.3, 0.4) is 0 Å². The molecule has 0 aliphatic carbocycles. The number of carbonyl (C=O) groups excluding carboxylic acids is 1. The first-order valence-electron chi connectivity index (χ1n) is 7.93. The van der Waals surface area contributed by atoms with Crippen molar-refractivity contribution in [3.8, 4) is 11.8 Å². The van der Waals surface area contributed by atoms with Gasteiger partial charge in [-0.15, -0.1) is 0 Å². The lowest BCUT2D eigenvalue weighted by Gasteiger charge is -2.18. The number of pyridine rings is 1. The predicted molar refractivity (Wildman–Crippen MR) is 88.2 cm³/mol. The summed E-state index contributed by atoms with van der Waals surface area (Å²) in [5, 5.41) is 11.4. The molecule has 1 aliphatic heterocycles. The minimum atomic E-state index is -0.500. The van der Waals surface area contributed by atoms with E-state index in [-0.39, 0.29) is 24.2 Å². The number of nitrogens with one attached hydrogen (secondary N) is 1. The van der Waals surface area contributed by atoms with Gasteiger partial charge in [0, 0.05) is 37.5 Å². The van der Waals surface area contributed by atoms with Crippen molar-refractivity contribution in [3.05, 3.63) is 59.7 Å². The molecule has 1 fully saturated rings. The summed E-state index contributed by atoms with van der Waals surface area (Å²) in [5.41, 5.74) is 0.597. The maximum absolute atomic E-state index is 13.8. The van der Waals surface area contributed by atoms with E-state index in [1.807, 2.05) is 6.07 Å². The van der Waals surface area contributed by atoms with Crippen LogP contribution in [-0.4, -0.2) is 35.1 Å². The topological polar surface area (TPSA) is 78.2 Å². The first-order valence-corrected chi connectivity index (χ1v) is 7.93. The summed E-state index contributed by atoms with van der Waals surface area (Å²) in [6, 6.07) is 9.36. The minimum absolute atomic E-state index is 0.0696. The van der Waals surface area contributed by atoms with Crippen molar-refractivity contribution < 1.29 is 13.9 Å². The molecule has 2 aromatic rings. The molecular formula is C18H17FN4O2. The van der Waals surface area contributed by atoms with Crippen molar-refractivity contribution >= 4 is 6.03 Å². The standard InChI is InChI=1S/C18H17FN4O2/c19-17-9-13(10-20)1-2-14(17)11-22-18(24)23-8-5-16(12-23)25-15-3-6-21-7-4-15/h1-4,6-7,9,16H,5,8,11-12H2,(H,22,24)/t16-/m0/s1. The van der Waals surface area contributed by atoms with Crippen LogP contribution in [0.1, 0.15) is 17.5 Å². The molecular weight excluding hydrogens is 323 g/mol. The van der Waals surface area contributed by atoms with E-state index in [0.29, 0.717) is 18.7 Å². The third-order valence-corrected chi connectivity index (χ3v) is 4.00. The van der Waals surface area contributed by atoms with E-state index in [1.165, 1.54) is 12.1 Å². The van der Waals surface area contributed by atoms with Gasteiger partial charge in [0.15, 0.2) is 0 Å². The number of nitrogens with zero attached hydrogens (tertiary/aromatic N) is 3. The second-order valence-corrected chi connectivity index (χ2v) is 5.73. The number of ether oxygens (including phenoxy) is 1. The van der Waals surface area contributed by atoms with Gasteiger partial charge in [-0.2, -0.15) is 5.26 Å². The molecule has 2 amide bonds. The van der Waals surface area contributed by atoms with E-state index in [0.717, 1.165) is 18.2 Å². The van der Waals surface area contributed by atoms with Crippen molar-refractivity contribution in [2.75, 3.05) is 13.1 Å². The lowest BCUT2D eigenvalue weighted by atomic mass is 10.1. The third kappa shape index (κ3) is 4.23. The molecule has 0 radical (unpaired) electrons. The van der Waals surface area contributed by atoms with Gasteiger partial charge >= 0.3 is 6.03 Å². The average Bonchev–Trinajstić information content (AvgIpc) is 3.09. The predicted octanol–water partition coefficient (Wildman–Crippen LogP) is 2.46. The molecule has 3 rings (SSSR count). The highest BCUT2D eigenvalue weighted by Gasteiger charge is 2.27. The highest BCUT2D eigenvalue weighted by molar-refractivity contribution is 5.74. The van der Waals surface area contributed by atoms with E-state index in [9.17, 15) is 9.18 Å². The van der Waals surface area contributed by atoms with Crippen molar-refractivity contribution in [1.29, 1.82) is 5.26 Å². The van der Waals surface area contributed by atoms with Gasteiger partial charge in [0.2, 0.25) is 0 Å². The molecule has 0 bridgehead atoms. The molecule has 0 unspecified atom stereocenters. The summed E-state index contributed by atoms with van der Waals surface area (Å²) in [7, 11) is 0. The summed E-state index contributed by atoms with van der Waals surface area (Å²) in [6.07, 6.45) is 3.97. The van der Waals surface area contributed by atoms with Gasteiger partial charge in [-0.1, -0.05) is 6.07 Å². The summed E-state index contributed by atoms with van der Waals surface area (Å²) in [4.78, 5) is 17.8. The molecule has 1 aromatic carbocycles. The van der Waals surface area contributed by atoms with Crippen LogP contribution in [0.5, 0.6) is 5.75 Å². The molecule has 1 aromatic heterocycles. The van der Waals surface area contributed by atoms with Crippen LogP contribution in [0.2, 0.25) is 0 Å². The Bertz CT molecular complexity index is 791. The number of carbonyl (C=O) groups is 1. The molecule has 1 N–H and O–H groups in total. The number of amides is 2. The van der Waals surface area contributed by atoms with Gasteiger partial charge in [0.1, 0.15) is 17.7 Å². The number of aromatic nitrogens is 1. The average molecular weight is 340 g/mol. The number of hydrogen-bond acceptors (Lipinski definition) is 4. The first kappa shape index (κ1) is 16.7. The Morgan fingerprint density at radius 2 is 2.20 bits per heavy atom. The number of urea groups is 1. The van der Waals surface area contributed by atoms with Crippen LogP contribution >= 0.6 is 0 Å². The van der Waals surface area contributed by atoms with Gasteiger partial charge in [-0.3, -0.25) is 4.98 Å². The van der Waals surface area contributed by atoms with Crippen LogP contribution in [0.25, 0.3) is 0 Å². The number of halogens is 1. The van der Waals surface area contributed by atoms with Crippen molar-refractivity contribution in [2.45, 2.75) is 19.1 Å². The van der Waals surface area contributed by atoms with E-state index in [1.54, 1.807) is 29.4 Å². The summed E-state index contributed by atoms with van der Waals surface area (Å²) in [6.45, 7) is 1.13. The maximum Gasteiger partial charge on any atom is 0.317 e. The van der Waals surface area contributed by atoms with Gasteiger partial charge in [-0.25, -0.2) is 9.18 Å². The van der Waals surface area contributed by atoms with E-state index < -0.39 is 5.82 Å². The first-order chi connectivity index (χ1) is 12.2. The lowest BCUT2D eigenvalue weighted by molar-refractivity contribution is 0.186. The van der Waals surface area contributed by atoms with E-state index in [2.05, 4.69) is 10.3 Å².